The summed E-state index contributed by atoms with van der Waals surface area (Å²) in [5.41, 5.74) is 2.36. The van der Waals surface area contributed by atoms with Gasteiger partial charge in [0.2, 0.25) is 11.5 Å². The van der Waals surface area contributed by atoms with E-state index in [0.717, 1.165) is 35.1 Å². The first-order chi connectivity index (χ1) is 16.8. The largest absolute Gasteiger partial charge is 0.449 e. The molecule has 1 aliphatic rings. The second kappa shape index (κ2) is 8.96. The highest BCUT2D eigenvalue weighted by atomic mass is 32.2. The van der Waals surface area contributed by atoms with Crippen molar-refractivity contribution in [3.8, 4) is 0 Å². The second-order valence-corrected chi connectivity index (χ2v) is 8.97. The van der Waals surface area contributed by atoms with E-state index in [1.807, 2.05) is 42.5 Å². The Balaban J connectivity index is 1.32. The van der Waals surface area contributed by atoms with Gasteiger partial charge in [0.1, 0.15) is 16.9 Å². The lowest BCUT2D eigenvalue weighted by Gasteiger charge is -2.28. The number of thioether (sulfide) groups is 1. The Kier molecular flexibility index (Phi) is 5.52. The van der Waals surface area contributed by atoms with Gasteiger partial charge >= 0.3 is 0 Å². The Labute approximate surface area is 198 Å². The standard InChI is InChI=1S/C24H22N6O3S/c31-22-21-20(17-8-4-5-9-18(17)33-21)25-19(26-22)15-34-24-28-27-23(29-10-12-32-13-11-29)30(24)14-16-6-2-1-3-7-16/h1-9H,10-15H2,(H,25,26,31). The van der Waals surface area contributed by atoms with Crippen LogP contribution in [0.15, 0.2) is 69.0 Å². The number of morpholine rings is 1. The summed E-state index contributed by atoms with van der Waals surface area (Å²) in [6, 6.07) is 17.8. The van der Waals surface area contributed by atoms with Gasteiger partial charge in [-0.1, -0.05) is 54.2 Å². The van der Waals surface area contributed by atoms with Crippen LogP contribution in [-0.2, 0) is 17.0 Å². The number of hydrogen-bond donors (Lipinski definition) is 1. The summed E-state index contributed by atoms with van der Waals surface area (Å²) in [5, 5.41) is 10.6. The highest BCUT2D eigenvalue weighted by Crippen LogP contribution is 2.28. The molecule has 0 unspecified atom stereocenters. The monoisotopic (exact) mass is 474 g/mol. The molecule has 1 N–H and O–H groups in total. The van der Waals surface area contributed by atoms with Gasteiger partial charge in [-0.15, -0.1) is 10.2 Å². The zero-order valence-electron chi connectivity index (χ0n) is 18.3. The van der Waals surface area contributed by atoms with E-state index < -0.39 is 0 Å². The van der Waals surface area contributed by atoms with Gasteiger partial charge in [-0.2, -0.15) is 0 Å². The number of para-hydroxylation sites is 1. The van der Waals surface area contributed by atoms with Crippen molar-refractivity contribution in [1.29, 1.82) is 0 Å². The number of rotatable bonds is 6. The Morgan fingerprint density at radius 2 is 1.79 bits per heavy atom. The van der Waals surface area contributed by atoms with Crippen LogP contribution in [0.4, 0.5) is 5.95 Å². The molecule has 0 atom stereocenters. The number of nitrogens with one attached hydrogen (secondary N) is 1. The molecule has 34 heavy (non-hydrogen) atoms. The molecule has 1 saturated heterocycles. The van der Waals surface area contributed by atoms with Gasteiger partial charge in [0.05, 0.1) is 25.5 Å². The molecule has 1 fully saturated rings. The van der Waals surface area contributed by atoms with Crippen LogP contribution >= 0.6 is 11.8 Å². The molecule has 0 spiro atoms. The second-order valence-electron chi connectivity index (χ2n) is 8.03. The van der Waals surface area contributed by atoms with Crippen molar-refractivity contribution in [2.24, 2.45) is 0 Å². The molecule has 2 aromatic carbocycles. The van der Waals surface area contributed by atoms with Crippen LogP contribution < -0.4 is 10.5 Å². The van der Waals surface area contributed by atoms with Crippen molar-refractivity contribution < 1.29 is 9.15 Å². The lowest BCUT2D eigenvalue weighted by atomic mass is 10.2. The van der Waals surface area contributed by atoms with E-state index in [2.05, 4.69) is 36.8 Å². The summed E-state index contributed by atoms with van der Waals surface area (Å²) in [6.45, 7) is 3.54. The summed E-state index contributed by atoms with van der Waals surface area (Å²) in [4.78, 5) is 22.4. The molecule has 0 bridgehead atoms. The number of H-pyrrole nitrogens is 1. The zero-order chi connectivity index (χ0) is 22.9. The lowest BCUT2D eigenvalue weighted by molar-refractivity contribution is 0.121. The summed E-state index contributed by atoms with van der Waals surface area (Å²) in [5.74, 6) is 1.84. The summed E-state index contributed by atoms with van der Waals surface area (Å²) >= 11 is 1.50. The maximum atomic E-state index is 12.6. The first-order valence-electron chi connectivity index (χ1n) is 11.1. The first kappa shape index (κ1) is 20.9. The topological polar surface area (TPSA) is 102 Å². The van der Waals surface area contributed by atoms with Crippen molar-refractivity contribution in [2.75, 3.05) is 31.2 Å². The van der Waals surface area contributed by atoms with E-state index >= 15 is 0 Å². The van der Waals surface area contributed by atoms with Gasteiger partial charge in [0, 0.05) is 18.5 Å². The van der Waals surface area contributed by atoms with E-state index in [0.29, 0.717) is 42.4 Å². The smallest absolute Gasteiger partial charge is 0.294 e. The molecule has 6 rings (SSSR count). The van der Waals surface area contributed by atoms with Crippen LogP contribution in [0.1, 0.15) is 11.4 Å². The lowest BCUT2D eigenvalue weighted by Crippen LogP contribution is -2.38. The Bertz CT molecular complexity index is 1500. The maximum Gasteiger partial charge on any atom is 0.294 e. The van der Waals surface area contributed by atoms with Crippen molar-refractivity contribution in [2.45, 2.75) is 17.5 Å². The van der Waals surface area contributed by atoms with E-state index in [9.17, 15) is 4.79 Å². The summed E-state index contributed by atoms with van der Waals surface area (Å²) < 4.78 is 13.3. The van der Waals surface area contributed by atoms with Gasteiger partial charge in [0.15, 0.2) is 5.16 Å². The molecule has 4 heterocycles. The number of furan rings is 1. The van der Waals surface area contributed by atoms with Crippen molar-refractivity contribution >= 4 is 39.8 Å². The van der Waals surface area contributed by atoms with Gasteiger partial charge in [-0.25, -0.2) is 4.98 Å². The van der Waals surface area contributed by atoms with Crippen molar-refractivity contribution in [3.63, 3.8) is 0 Å². The Morgan fingerprint density at radius 1 is 1.00 bits per heavy atom. The summed E-state index contributed by atoms with van der Waals surface area (Å²) in [7, 11) is 0. The van der Waals surface area contributed by atoms with Crippen LogP contribution in [0.25, 0.3) is 22.1 Å². The van der Waals surface area contributed by atoms with Crippen LogP contribution in [0, 0.1) is 0 Å². The quantitative estimate of drug-likeness (QED) is 0.374. The van der Waals surface area contributed by atoms with Gasteiger partial charge in [-0.3, -0.25) is 9.36 Å². The molecule has 5 aromatic rings. The Hall–Kier alpha value is -3.63. The third-order valence-electron chi connectivity index (χ3n) is 5.79. The molecule has 172 valence electrons. The minimum atomic E-state index is -0.281. The number of ether oxygens (including phenoxy) is 1. The van der Waals surface area contributed by atoms with E-state index in [1.54, 1.807) is 0 Å². The van der Waals surface area contributed by atoms with Gasteiger partial charge in [-0.05, 0) is 17.7 Å². The number of benzene rings is 2. The highest BCUT2D eigenvalue weighted by molar-refractivity contribution is 7.98. The molecular formula is C24H22N6O3S. The molecule has 9 nitrogen and oxygen atoms in total. The molecule has 10 heteroatoms. The number of nitrogens with zero attached hydrogens (tertiary/aromatic N) is 5. The Morgan fingerprint density at radius 3 is 2.65 bits per heavy atom. The van der Waals surface area contributed by atoms with E-state index in [1.165, 1.54) is 11.8 Å². The first-order valence-corrected chi connectivity index (χ1v) is 12.1. The number of anilines is 1. The van der Waals surface area contributed by atoms with Gasteiger partial charge in [0.25, 0.3) is 5.56 Å². The van der Waals surface area contributed by atoms with E-state index in [-0.39, 0.29) is 11.1 Å². The molecule has 0 saturated carbocycles. The van der Waals surface area contributed by atoms with Crippen molar-refractivity contribution in [3.05, 3.63) is 76.3 Å². The minimum Gasteiger partial charge on any atom is -0.449 e. The third kappa shape index (κ3) is 3.95. The zero-order valence-corrected chi connectivity index (χ0v) is 19.1. The predicted octanol–water partition coefficient (Wildman–Crippen LogP) is 3.44. The minimum absolute atomic E-state index is 0.247. The number of hydrogen-bond acceptors (Lipinski definition) is 8. The molecule has 1 aliphatic heterocycles. The molecule has 0 amide bonds. The fraction of sp³-hybridized carbons (Fsp3) is 0.250. The average Bonchev–Trinajstić information content (AvgIpc) is 3.46. The summed E-state index contributed by atoms with van der Waals surface area (Å²) in [6.07, 6.45) is 0. The third-order valence-corrected chi connectivity index (χ3v) is 6.77. The number of aromatic nitrogens is 5. The van der Waals surface area contributed by atoms with Crippen LogP contribution in [0.2, 0.25) is 0 Å². The SMILES string of the molecule is O=c1[nH]c(CSc2nnc(N3CCOCC3)n2Cc2ccccc2)nc2c1oc1ccccc12. The molecule has 0 radical (unpaired) electrons. The maximum absolute atomic E-state index is 12.6. The molecule has 0 aliphatic carbocycles. The van der Waals surface area contributed by atoms with Crippen LogP contribution in [0.3, 0.4) is 0 Å². The average molecular weight is 475 g/mol. The van der Waals surface area contributed by atoms with Crippen molar-refractivity contribution in [1.82, 2.24) is 24.7 Å². The highest BCUT2D eigenvalue weighted by Gasteiger charge is 2.21. The number of fused-ring (bicyclic) bond motifs is 3. The van der Waals surface area contributed by atoms with E-state index in [4.69, 9.17) is 14.1 Å². The molecule has 3 aromatic heterocycles. The number of aromatic amines is 1. The van der Waals surface area contributed by atoms with Gasteiger partial charge < -0.3 is 19.0 Å². The molecular weight excluding hydrogens is 452 g/mol. The fourth-order valence-electron chi connectivity index (χ4n) is 4.14. The van der Waals surface area contributed by atoms with Crippen LogP contribution in [0.5, 0.6) is 0 Å². The fourth-order valence-corrected chi connectivity index (χ4v) is 4.94. The predicted molar refractivity (Wildman–Crippen MR) is 130 cm³/mol. The van der Waals surface area contributed by atoms with Crippen LogP contribution in [-0.4, -0.2) is 51.0 Å². The normalized spacial score (nSPS) is 14.3.